The van der Waals surface area contributed by atoms with Gasteiger partial charge in [0.25, 0.3) is 0 Å². The molecule has 4 atom stereocenters. The van der Waals surface area contributed by atoms with Gasteiger partial charge in [0.2, 0.25) is 0 Å². The van der Waals surface area contributed by atoms with Gasteiger partial charge in [0.1, 0.15) is 0 Å². The maximum absolute atomic E-state index is 14.5. The molecular formula is C50H71Cl4NOP2Si. The van der Waals surface area contributed by atoms with E-state index in [9.17, 15) is 4.57 Å². The van der Waals surface area contributed by atoms with Crippen LogP contribution in [0.15, 0.2) is 97.1 Å². The molecular weight excluding hydrogens is 862 g/mol. The molecule has 2 nitrogen and oxygen atoms in total. The third-order valence-corrected chi connectivity index (χ3v) is 20.1. The zero-order valence-corrected chi connectivity index (χ0v) is 44.2. The summed E-state index contributed by atoms with van der Waals surface area (Å²) in [5, 5.41) is 0. The number of halogens is 4. The predicted octanol–water partition coefficient (Wildman–Crippen LogP) is 17.6. The van der Waals surface area contributed by atoms with Crippen LogP contribution in [0, 0.1) is 0 Å². The minimum absolute atomic E-state index is 0.110. The van der Waals surface area contributed by atoms with Gasteiger partial charge in [-0.15, -0.1) is 33.2 Å². The van der Waals surface area contributed by atoms with E-state index < -0.39 is 21.3 Å². The molecule has 0 bridgehead atoms. The number of nitrogens with zero attached hydrogens (tertiary/aromatic N) is 1. The van der Waals surface area contributed by atoms with Gasteiger partial charge in [-0.05, 0) is 106 Å². The van der Waals surface area contributed by atoms with Crippen molar-refractivity contribution in [1.82, 2.24) is 4.67 Å². The highest BCUT2D eigenvalue weighted by molar-refractivity contribution is 7.84. The maximum Gasteiger partial charge on any atom is 0.326 e. The average molecular weight is 934 g/mol. The second-order valence-corrected chi connectivity index (χ2v) is 33.7. The van der Waals surface area contributed by atoms with Gasteiger partial charge in [-0.25, -0.2) is 0 Å². The number of hydrogen-bond acceptors (Lipinski definition) is 1. The number of benzene rings is 4. The number of rotatable bonds is 5. The molecule has 0 N–H and O–H groups in total. The van der Waals surface area contributed by atoms with Crippen molar-refractivity contribution in [2.24, 2.45) is 0 Å². The maximum atomic E-state index is 14.5. The molecule has 59 heavy (non-hydrogen) atoms. The average Bonchev–Trinajstić information content (AvgIpc) is 3.70. The standard InChI is InChI=1S/C26H38NOP.C24H32ClP.Cl3HSi/c1-25(2,3)21-13-9-19(10-14-21)23-17-18-24(29(23,28)27(7)8)20-11-15-22(16-12-20)26(4,5)6;1-23(2,3)19-11-7-17(8-12-19)21-15-16-22(26(21)25)18-9-13-20(14-10-18)24(4,5)6;1-4(2)3/h9-16,23-24H,17-18H2,1-8H3;7-14,21-22H,15-16H2,1-6H3;4H/t23-,24-;21-,22-;/m00./s1. The lowest BCUT2D eigenvalue weighted by Gasteiger charge is -2.33. The van der Waals surface area contributed by atoms with Crippen LogP contribution in [-0.4, -0.2) is 25.5 Å². The first kappa shape index (κ1) is 50.5. The highest BCUT2D eigenvalue weighted by Gasteiger charge is 2.49. The smallest absolute Gasteiger partial charge is 0.305 e. The van der Waals surface area contributed by atoms with Gasteiger partial charge in [0.15, 0.2) is 7.29 Å². The monoisotopic (exact) mass is 931 g/mol. The van der Waals surface area contributed by atoms with Crippen LogP contribution in [0.4, 0.5) is 0 Å². The largest absolute Gasteiger partial charge is 0.326 e. The van der Waals surface area contributed by atoms with E-state index in [4.69, 9.17) is 44.5 Å². The summed E-state index contributed by atoms with van der Waals surface area (Å²) >= 11 is 21.9. The molecule has 0 amide bonds. The zero-order chi connectivity index (χ0) is 44.3. The second-order valence-electron chi connectivity index (χ2n) is 20.8. The Bertz CT molecular complexity index is 1840. The van der Waals surface area contributed by atoms with Gasteiger partial charge in [-0.3, -0.25) is 4.67 Å². The fourth-order valence-electron chi connectivity index (χ4n) is 8.44. The highest BCUT2D eigenvalue weighted by atomic mass is 35.8. The normalized spacial score (nSPS) is 21.2. The van der Waals surface area contributed by atoms with Gasteiger partial charge >= 0.3 is 6.73 Å². The van der Waals surface area contributed by atoms with E-state index in [2.05, 4.69) is 180 Å². The molecule has 6 rings (SSSR count). The number of hydrogen-bond donors (Lipinski definition) is 0. The van der Waals surface area contributed by atoms with Crippen LogP contribution < -0.4 is 0 Å². The van der Waals surface area contributed by atoms with E-state index in [0.29, 0.717) is 11.3 Å². The molecule has 2 aliphatic heterocycles. The van der Waals surface area contributed by atoms with Crippen LogP contribution in [0.5, 0.6) is 0 Å². The molecule has 2 heterocycles. The van der Waals surface area contributed by atoms with Crippen LogP contribution >= 0.6 is 59.0 Å². The third kappa shape index (κ3) is 13.0. The SMILES string of the molecule is CC(C)(C)c1ccc([C@@H]2CC[C@@H](c3ccc(C(C)(C)C)cc3)P2Cl)cc1.CN(C)P1(=O)[C@H](c2ccc(C(C)(C)C)cc2)CC[C@H]1c1ccc(C(C)(C)C)cc1.Cl[SiH](Cl)Cl. The molecule has 324 valence electrons. The first-order valence-corrected chi connectivity index (χ1v) is 30.6. The van der Waals surface area contributed by atoms with Crippen molar-refractivity contribution in [3.63, 3.8) is 0 Å². The quantitative estimate of drug-likeness (QED) is 0.113. The Labute approximate surface area is 381 Å². The summed E-state index contributed by atoms with van der Waals surface area (Å²) in [6, 6.07) is 36.2. The first-order chi connectivity index (χ1) is 27.1. The Morgan fingerprint density at radius 1 is 0.475 bits per heavy atom. The Balaban J connectivity index is 0.000000240. The van der Waals surface area contributed by atoms with Crippen molar-refractivity contribution in [2.75, 3.05) is 14.1 Å². The van der Waals surface area contributed by atoms with Crippen LogP contribution in [0.25, 0.3) is 0 Å². The summed E-state index contributed by atoms with van der Waals surface area (Å²) < 4.78 is 16.5. The molecule has 0 aliphatic carbocycles. The molecule has 9 heteroatoms. The molecule has 0 aromatic heterocycles. The molecule has 0 saturated carbocycles. The van der Waals surface area contributed by atoms with Crippen molar-refractivity contribution in [3.8, 4) is 0 Å². The van der Waals surface area contributed by atoms with Crippen molar-refractivity contribution >= 4 is 65.8 Å². The lowest BCUT2D eigenvalue weighted by molar-refractivity contribution is 0.502. The van der Waals surface area contributed by atoms with Crippen LogP contribution in [0.2, 0.25) is 0 Å². The van der Waals surface area contributed by atoms with E-state index in [1.807, 2.05) is 18.8 Å². The molecule has 0 unspecified atom stereocenters. The van der Waals surface area contributed by atoms with Crippen LogP contribution in [0.3, 0.4) is 0 Å². The minimum Gasteiger partial charge on any atom is -0.305 e. The van der Waals surface area contributed by atoms with Gasteiger partial charge in [0, 0.05) is 18.6 Å². The molecule has 0 radical (unpaired) electrons. The Morgan fingerprint density at radius 2 is 0.695 bits per heavy atom. The molecule has 0 spiro atoms. The van der Waals surface area contributed by atoms with Gasteiger partial charge < -0.3 is 4.57 Å². The minimum atomic E-state index is -2.58. The summed E-state index contributed by atoms with van der Waals surface area (Å²) in [6.07, 6.45) is 4.37. The van der Waals surface area contributed by atoms with Gasteiger partial charge in [0.05, 0.1) is 11.3 Å². The first-order valence-electron chi connectivity index (χ1n) is 21.2. The fraction of sp³-hybridized carbons (Fsp3) is 0.520. The van der Waals surface area contributed by atoms with Crippen molar-refractivity contribution in [2.45, 2.75) is 153 Å². The summed E-state index contributed by atoms with van der Waals surface area (Å²) in [4.78, 5) is 0. The van der Waals surface area contributed by atoms with Crippen molar-refractivity contribution in [1.29, 1.82) is 0 Å². The molecule has 4 aromatic rings. The highest BCUT2D eigenvalue weighted by Crippen LogP contribution is 2.77. The Kier molecular flexibility index (Phi) is 17.3. The van der Waals surface area contributed by atoms with Crippen LogP contribution in [-0.2, 0) is 26.2 Å². The summed E-state index contributed by atoms with van der Waals surface area (Å²) in [5.74, 6) is 0. The van der Waals surface area contributed by atoms with Crippen LogP contribution in [0.1, 0.15) is 176 Å². The summed E-state index contributed by atoms with van der Waals surface area (Å²) in [7, 11) is 0.866. The predicted molar refractivity (Wildman–Crippen MR) is 269 cm³/mol. The summed E-state index contributed by atoms with van der Waals surface area (Å²) in [6.45, 7) is 25.3. The molecule has 2 aliphatic rings. The zero-order valence-electron chi connectivity index (χ0n) is 38.2. The van der Waals surface area contributed by atoms with E-state index >= 15 is 0 Å². The Hall–Kier alpha value is -1.12. The summed E-state index contributed by atoms with van der Waals surface area (Å²) in [5.41, 5.74) is 12.7. The van der Waals surface area contributed by atoms with E-state index in [0.717, 1.165) is 12.8 Å². The third-order valence-electron chi connectivity index (χ3n) is 12.2. The lowest BCUT2D eigenvalue weighted by atomic mass is 9.86. The van der Waals surface area contributed by atoms with E-state index in [1.165, 1.54) is 57.3 Å². The van der Waals surface area contributed by atoms with Crippen molar-refractivity contribution in [3.05, 3.63) is 142 Å². The second kappa shape index (κ2) is 20.2. The molecule has 2 fully saturated rings. The molecule has 2 saturated heterocycles. The lowest BCUT2D eigenvalue weighted by Crippen LogP contribution is -2.16. The fourth-order valence-corrected chi connectivity index (χ4v) is 15.6. The van der Waals surface area contributed by atoms with Crippen molar-refractivity contribution < 1.29 is 4.57 Å². The van der Waals surface area contributed by atoms with Gasteiger partial charge in [-0.2, -0.15) is 0 Å². The van der Waals surface area contributed by atoms with Gasteiger partial charge in [-0.1, -0.05) is 191 Å². The Morgan fingerprint density at radius 3 is 0.898 bits per heavy atom. The topological polar surface area (TPSA) is 20.3 Å². The van der Waals surface area contributed by atoms with E-state index in [-0.39, 0.29) is 33.0 Å². The van der Waals surface area contributed by atoms with E-state index in [1.54, 1.807) is 0 Å². The molecule has 4 aromatic carbocycles.